The second-order valence-corrected chi connectivity index (χ2v) is 4.02. The lowest BCUT2D eigenvalue weighted by Gasteiger charge is -2.07. The minimum atomic E-state index is -1.02. The summed E-state index contributed by atoms with van der Waals surface area (Å²) in [5.41, 5.74) is 6.55. The highest BCUT2D eigenvalue weighted by Gasteiger charge is 2.01. The normalized spacial score (nSPS) is 10.1. The second-order valence-electron chi connectivity index (χ2n) is 3.11. The fourth-order valence-electron chi connectivity index (χ4n) is 1.11. The van der Waals surface area contributed by atoms with Gasteiger partial charge in [0.15, 0.2) is 0 Å². The summed E-state index contributed by atoms with van der Waals surface area (Å²) in [7, 11) is 0. The number of nitrogens with two attached hydrogens (primary N) is 1. The number of nitrogens with zero attached hydrogens (tertiary/aromatic N) is 1. The molecule has 0 saturated heterocycles. The smallest absolute Gasteiger partial charge is 0.404 e. The number of hydrogen-bond acceptors (Lipinski definition) is 4. The molecular weight excluding hydrogens is 276 g/mol. The van der Waals surface area contributed by atoms with Crippen molar-refractivity contribution < 1.29 is 9.90 Å². The van der Waals surface area contributed by atoms with Crippen LogP contribution in [0.25, 0.3) is 0 Å². The van der Waals surface area contributed by atoms with Crippen LogP contribution in [0.1, 0.15) is 5.56 Å². The van der Waals surface area contributed by atoms with Crippen LogP contribution >= 0.6 is 15.9 Å². The molecule has 1 amide bonds. The lowest BCUT2D eigenvalue weighted by atomic mass is 10.2. The Morgan fingerprint density at radius 1 is 1.56 bits per heavy atom. The molecule has 0 aromatic carbocycles. The van der Waals surface area contributed by atoms with Crippen molar-refractivity contribution in [2.24, 2.45) is 0 Å². The van der Waals surface area contributed by atoms with Gasteiger partial charge in [0.25, 0.3) is 0 Å². The summed E-state index contributed by atoms with van der Waals surface area (Å²) in [6.07, 6.45) is 0.607. The van der Waals surface area contributed by atoms with Gasteiger partial charge in [-0.2, -0.15) is 0 Å². The number of halogens is 1. The zero-order valence-corrected chi connectivity index (χ0v) is 10.1. The van der Waals surface area contributed by atoms with E-state index in [1.165, 1.54) is 0 Å². The molecule has 88 valence electrons. The van der Waals surface area contributed by atoms with Crippen LogP contribution in [0.15, 0.2) is 16.7 Å². The van der Waals surface area contributed by atoms with Gasteiger partial charge in [-0.05, 0) is 22.0 Å². The van der Waals surface area contributed by atoms with E-state index in [4.69, 9.17) is 10.8 Å². The molecule has 6 nitrogen and oxygen atoms in total. The van der Waals surface area contributed by atoms with E-state index in [0.717, 1.165) is 10.0 Å². The lowest BCUT2D eigenvalue weighted by molar-refractivity contribution is 0.194. The number of carboxylic acid groups (broad SMARTS) is 1. The number of nitrogens with one attached hydrogen (secondary N) is 2. The van der Waals surface area contributed by atoms with Crippen molar-refractivity contribution in [2.75, 3.05) is 18.8 Å². The molecule has 16 heavy (non-hydrogen) atoms. The molecule has 0 radical (unpaired) electrons. The number of aromatic nitrogens is 1. The summed E-state index contributed by atoms with van der Waals surface area (Å²) < 4.78 is 0.863. The highest BCUT2D eigenvalue weighted by Crippen LogP contribution is 2.14. The summed E-state index contributed by atoms with van der Waals surface area (Å²) in [5, 5.41) is 13.6. The van der Waals surface area contributed by atoms with Gasteiger partial charge in [0.1, 0.15) is 5.82 Å². The largest absolute Gasteiger partial charge is 0.465 e. The number of carbonyl (C=O) groups is 1. The van der Waals surface area contributed by atoms with Crippen LogP contribution in [0.2, 0.25) is 0 Å². The second kappa shape index (κ2) is 6.29. The molecule has 1 aromatic rings. The third-order valence-corrected chi connectivity index (χ3v) is 2.30. The zero-order chi connectivity index (χ0) is 12.0. The molecule has 0 spiro atoms. The predicted octanol–water partition coefficient (Wildman–Crippen LogP) is 0.784. The number of hydrogen-bond donors (Lipinski definition) is 4. The average molecular weight is 289 g/mol. The molecule has 0 bridgehead atoms. The molecule has 7 heteroatoms. The van der Waals surface area contributed by atoms with Crippen molar-refractivity contribution in [2.45, 2.75) is 6.54 Å². The van der Waals surface area contributed by atoms with Crippen molar-refractivity contribution in [3.8, 4) is 0 Å². The van der Waals surface area contributed by atoms with E-state index in [9.17, 15) is 4.79 Å². The molecule has 0 aliphatic heterocycles. The molecule has 5 N–H and O–H groups in total. The molecule has 0 unspecified atom stereocenters. The van der Waals surface area contributed by atoms with Gasteiger partial charge in [0.05, 0.1) is 0 Å². The Hall–Kier alpha value is -1.34. The van der Waals surface area contributed by atoms with Gasteiger partial charge in [-0.15, -0.1) is 0 Å². The van der Waals surface area contributed by atoms with Crippen molar-refractivity contribution in [1.82, 2.24) is 15.6 Å². The highest BCUT2D eigenvalue weighted by molar-refractivity contribution is 9.10. The Bertz CT molecular complexity index is 373. The first-order chi connectivity index (χ1) is 7.59. The molecule has 0 aliphatic carbocycles. The number of nitrogen functional groups attached to an aromatic ring is 1. The van der Waals surface area contributed by atoms with Gasteiger partial charge < -0.3 is 21.5 Å². The van der Waals surface area contributed by atoms with Gasteiger partial charge in [0.2, 0.25) is 0 Å². The minimum Gasteiger partial charge on any atom is -0.465 e. The fraction of sp³-hybridized carbons (Fsp3) is 0.333. The van der Waals surface area contributed by atoms with Crippen LogP contribution in [0, 0.1) is 0 Å². The summed E-state index contributed by atoms with van der Waals surface area (Å²) in [6, 6.07) is 1.87. The molecule has 1 aromatic heterocycles. The molecule has 0 fully saturated rings. The fourth-order valence-corrected chi connectivity index (χ4v) is 1.49. The summed E-state index contributed by atoms with van der Waals surface area (Å²) in [5.74, 6) is 0.474. The zero-order valence-electron chi connectivity index (χ0n) is 8.53. The Labute approximate surface area is 101 Å². The van der Waals surface area contributed by atoms with Gasteiger partial charge in [0, 0.05) is 35.9 Å². The van der Waals surface area contributed by atoms with E-state index in [-0.39, 0.29) is 0 Å². The van der Waals surface area contributed by atoms with Crippen molar-refractivity contribution >= 4 is 27.8 Å². The van der Waals surface area contributed by atoms with E-state index in [1.54, 1.807) is 6.20 Å². The molecule has 1 heterocycles. The van der Waals surface area contributed by atoms with E-state index in [2.05, 4.69) is 31.5 Å². The Kier molecular flexibility index (Phi) is 5.00. The van der Waals surface area contributed by atoms with Gasteiger partial charge in [-0.3, -0.25) is 0 Å². The van der Waals surface area contributed by atoms with E-state index >= 15 is 0 Å². The topological polar surface area (TPSA) is 100 Å². The lowest BCUT2D eigenvalue weighted by Crippen LogP contribution is -2.30. The van der Waals surface area contributed by atoms with E-state index < -0.39 is 6.09 Å². The van der Waals surface area contributed by atoms with Crippen LogP contribution < -0.4 is 16.4 Å². The van der Waals surface area contributed by atoms with E-state index in [0.29, 0.717) is 25.5 Å². The first-order valence-corrected chi connectivity index (χ1v) is 5.46. The first kappa shape index (κ1) is 12.7. The van der Waals surface area contributed by atoms with Crippen molar-refractivity contribution in [3.05, 3.63) is 22.3 Å². The summed E-state index contributed by atoms with van der Waals surface area (Å²) in [4.78, 5) is 14.1. The number of pyridine rings is 1. The number of amides is 1. The molecule has 0 aliphatic rings. The average Bonchev–Trinajstić information content (AvgIpc) is 2.22. The third-order valence-electron chi connectivity index (χ3n) is 1.86. The Morgan fingerprint density at radius 2 is 2.31 bits per heavy atom. The monoisotopic (exact) mass is 288 g/mol. The maximum Gasteiger partial charge on any atom is 0.404 e. The maximum atomic E-state index is 10.2. The van der Waals surface area contributed by atoms with E-state index in [1.807, 2.05) is 6.07 Å². The quantitative estimate of drug-likeness (QED) is 0.600. The highest BCUT2D eigenvalue weighted by atomic mass is 79.9. The minimum absolute atomic E-state index is 0.358. The van der Waals surface area contributed by atoms with Gasteiger partial charge >= 0.3 is 6.09 Å². The number of rotatable bonds is 5. The van der Waals surface area contributed by atoms with Crippen LogP contribution in [0.5, 0.6) is 0 Å². The van der Waals surface area contributed by atoms with Crippen LogP contribution in [-0.2, 0) is 6.54 Å². The standard InChI is InChI=1S/C9H13BrN4O2/c10-7-3-6(8(11)14-5-7)4-12-1-2-13-9(15)16/h3,5,12-13H,1-2,4H2,(H2,11,14)(H,15,16). The molecular formula is C9H13BrN4O2. The first-order valence-electron chi connectivity index (χ1n) is 4.67. The van der Waals surface area contributed by atoms with Gasteiger partial charge in [-0.1, -0.05) is 0 Å². The van der Waals surface area contributed by atoms with Crippen LogP contribution in [-0.4, -0.2) is 29.3 Å². The molecule has 1 rings (SSSR count). The molecule has 0 atom stereocenters. The van der Waals surface area contributed by atoms with Gasteiger partial charge in [-0.25, -0.2) is 9.78 Å². The molecule has 0 saturated carbocycles. The third kappa shape index (κ3) is 4.45. The Morgan fingerprint density at radius 3 is 3.00 bits per heavy atom. The van der Waals surface area contributed by atoms with Crippen LogP contribution in [0.3, 0.4) is 0 Å². The predicted molar refractivity (Wildman–Crippen MR) is 64.1 cm³/mol. The van der Waals surface area contributed by atoms with Crippen molar-refractivity contribution in [3.63, 3.8) is 0 Å². The van der Waals surface area contributed by atoms with Crippen LogP contribution in [0.4, 0.5) is 10.6 Å². The summed E-state index contributed by atoms with van der Waals surface area (Å²) in [6.45, 7) is 1.45. The Balaban J connectivity index is 2.31. The SMILES string of the molecule is Nc1ncc(Br)cc1CNCCNC(=O)O. The number of anilines is 1. The maximum absolute atomic E-state index is 10.2. The van der Waals surface area contributed by atoms with Crippen molar-refractivity contribution in [1.29, 1.82) is 0 Å². The summed E-state index contributed by atoms with van der Waals surface area (Å²) >= 11 is 3.30.